The molecule has 0 fully saturated rings. The number of rotatable bonds is 6. The molecule has 7 nitrogen and oxygen atoms in total. The molecule has 0 radical (unpaired) electrons. The quantitative estimate of drug-likeness (QED) is 0.693. The highest BCUT2D eigenvalue weighted by Gasteiger charge is 2.41. The monoisotopic (exact) mass is 455 g/mol. The first-order valence-electron chi connectivity index (χ1n) is 8.78. The topological polar surface area (TPSA) is 99.1 Å². The largest absolute Gasteiger partial charge is 0.481 e. The molecule has 2 N–H and O–H groups in total. The second-order valence-corrected chi connectivity index (χ2v) is 11.2. The Bertz CT molecular complexity index is 1070. The Morgan fingerprint density at radius 2 is 2.17 bits per heavy atom. The smallest absolute Gasteiger partial charge is 0.304 e. The number of carboxylic acids is 1. The van der Waals surface area contributed by atoms with Gasteiger partial charge < -0.3 is 10.4 Å². The van der Waals surface area contributed by atoms with E-state index in [9.17, 15) is 13.2 Å². The van der Waals surface area contributed by atoms with Crippen LogP contribution in [0.15, 0.2) is 44.9 Å². The fourth-order valence-electron chi connectivity index (χ4n) is 3.39. The van der Waals surface area contributed by atoms with Crippen molar-refractivity contribution in [2.24, 2.45) is 4.99 Å². The Hall–Kier alpha value is -2.11. The molecule has 3 atom stereocenters. The molecular formula is C18H18FN3O4S3. The first kappa shape index (κ1) is 20.2. The van der Waals surface area contributed by atoms with Crippen LogP contribution >= 0.6 is 23.1 Å². The maximum absolute atomic E-state index is 15.2. The van der Waals surface area contributed by atoms with Gasteiger partial charge in [-0.15, -0.1) is 23.1 Å². The van der Waals surface area contributed by atoms with Crippen LogP contribution in [0.4, 0.5) is 15.8 Å². The lowest BCUT2D eigenvalue weighted by atomic mass is 10.1. The molecule has 2 aliphatic heterocycles. The number of nitrogens with zero attached hydrogens (tertiary/aromatic N) is 2. The molecule has 3 unspecified atom stereocenters. The van der Waals surface area contributed by atoms with Gasteiger partial charge in [0.15, 0.2) is 6.17 Å². The minimum absolute atomic E-state index is 0.0403. The molecule has 29 heavy (non-hydrogen) atoms. The second-order valence-electron chi connectivity index (χ2n) is 6.69. The third kappa shape index (κ3) is 3.62. The van der Waals surface area contributed by atoms with Crippen LogP contribution in [0.3, 0.4) is 0 Å². The highest BCUT2D eigenvalue weighted by Crippen LogP contribution is 2.46. The molecule has 0 amide bonds. The van der Waals surface area contributed by atoms with E-state index in [-0.39, 0.29) is 15.9 Å². The number of carboxylic acid groups (broad SMARTS) is 1. The summed E-state index contributed by atoms with van der Waals surface area (Å²) < 4.78 is 42.3. The molecule has 4 rings (SSSR count). The molecule has 0 aliphatic carbocycles. The number of thioether (sulfide) groups is 1. The predicted molar refractivity (Wildman–Crippen MR) is 114 cm³/mol. The summed E-state index contributed by atoms with van der Waals surface area (Å²) in [4.78, 5) is 15.3. The van der Waals surface area contributed by atoms with Gasteiger partial charge in [-0.25, -0.2) is 12.8 Å². The Labute approximate surface area is 175 Å². The zero-order valence-electron chi connectivity index (χ0n) is 15.3. The maximum Gasteiger partial charge on any atom is 0.304 e. The molecule has 154 valence electrons. The van der Waals surface area contributed by atoms with Gasteiger partial charge in [0.25, 0.3) is 10.0 Å². The van der Waals surface area contributed by atoms with Gasteiger partial charge >= 0.3 is 5.97 Å². The van der Waals surface area contributed by atoms with Crippen LogP contribution in [-0.2, 0) is 14.8 Å². The number of alkyl halides is 1. The SMILES string of the molecule is CN(c1cccc2c1NC(C1=NCC(CC(=O)O)S1)C2F)S(=O)(=O)c1cccs1. The highest BCUT2D eigenvalue weighted by atomic mass is 32.2. The third-order valence-electron chi connectivity index (χ3n) is 4.82. The van der Waals surface area contributed by atoms with Crippen molar-refractivity contribution in [1.29, 1.82) is 0 Å². The second kappa shape index (κ2) is 7.62. The van der Waals surface area contributed by atoms with E-state index in [1.807, 2.05) is 0 Å². The van der Waals surface area contributed by atoms with Crippen molar-refractivity contribution < 1.29 is 22.7 Å². The van der Waals surface area contributed by atoms with Crippen molar-refractivity contribution in [3.05, 3.63) is 41.3 Å². The number of nitrogens with one attached hydrogen (secondary N) is 1. The normalized spacial score (nSPS) is 23.4. The summed E-state index contributed by atoms with van der Waals surface area (Å²) in [7, 11) is -2.32. The maximum atomic E-state index is 15.2. The van der Waals surface area contributed by atoms with Crippen molar-refractivity contribution >= 4 is 55.5 Å². The summed E-state index contributed by atoms with van der Waals surface area (Å²) in [5.74, 6) is -0.916. The fraction of sp³-hybridized carbons (Fsp3) is 0.333. The van der Waals surface area contributed by atoms with Gasteiger partial charge in [-0.1, -0.05) is 18.2 Å². The van der Waals surface area contributed by atoms with E-state index >= 15 is 4.39 Å². The number of fused-ring (bicyclic) bond motifs is 1. The number of halogens is 1. The van der Waals surface area contributed by atoms with E-state index in [1.54, 1.807) is 29.6 Å². The number of carbonyl (C=O) groups is 1. The number of anilines is 2. The first-order chi connectivity index (χ1) is 13.8. The average molecular weight is 456 g/mol. The van der Waals surface area contributed by atoms with Gasteiger partial charge in [0.05, 0.1) is 29.4 Å². The molecule has 2 aromatic rings. The van der Waals surface area contributed by atoms with Gasteiger partial charge in [-0.3, -0.25) is 14.1 Å². The van der Waals surface area contributed by atoms with Crippen molar-refractivity contribution in [3.63, 3.8) is 0 Å². The van der Waals surface area contributed by atoms with Crippen molar-refractivity contribution in [2.45, 2.75) is 28.1 Å². The minimum Gasteiger partial charge on any atom is -0.481 e. The van der Waals surface area contributed by atoms with Crippen LogP contribution in [0.25, 0.3) is 0 Å². The number of benzene rings is 1. The molecule has 1 aromatic carbocycles. The van der Waals surface area contributed by atoms with E-state index < -0.39 is 28.2 Å². The molecule has 11 heteroatoms. The van der Waals surface area contributed by atoms with Crippen LogP contribution < -0.4 is 9.62 Å². The van der Waals surface area contributed by atoms with E-state index in [0.717, 1.165) is 15.6 Å². The zero-order valence-corrected chi connectivity index (χ0v) is 17.7. The summed E-state index contributed by atoms with van der Waals surface area (Å²) in [6.07, 6.45) is -1.45. The van der Waals surface area contributed by atoms with E-state index in [1.165, 1.54) is 24.9 Å². The van der Waals surface area contributed by atoms with E-state index in [2.05, 4.69) is 10.3 Å². The van der Waals surface area contributed by atoms with E-state index in [4.69, 9.17) is 5.11 Å². The fourth-order valence-corrected chi connectivity index (χ4v) is 6.95. The lowest BCUT2D eigenvalue weighted by Crippen LogP contribution is -2.28. The van der Waals surface area contributed by atoms with Crippen LogP contribution in [0.1, 0.15) is 18.2 Å². The average Bonchev–Trinajstić information content (AvgIpc) is 3.41. The Morgan fingerprint density at radius 3 is 2.86 bits per heavy atom. The molecule has 2 aliphatic rings. The predicted octanol–water partition coefficient (Wildman–Crippen LogP) is 3.37. The number of hydrogen-bond donors (Lipinski definition) is 2. The van der Waals surface area contributed by atoms with Gasteiger partial charge in [0.1, 0.15) is 10.3 Å². The lowest BCUT2D eigenvalue weighted by molar-refractivity contribution is -0.136. The Balaban J connectivity index is 1.61. The lowest BCUT2D eigenvalue weighted by Gasteiger charge is -2.21. The van der Waals surface area contributed by atoms with Gasteiger partial charge in [0.2, 0.25) is 0 Å². The number of aliphatic carboxylic acids is 1. The number of aliphatic imine (C=N–C) groups is 1. The van der Waals surface area contributed by atoms with Crippen molar-refractivity contribution in [3.8, 4) is 0 Å². The van der Waals surface area contributed by atoms with Crippen LogP contribution in [0.5, 0.6) is 0 Å². The summed E-state index contributed by atoms with van der Waals surface area (Å²) in [5.41, 5.74) is 1.13. The number of hydrogen-bond acceptors (Lipinski definition) is 7. The molecular weight excluding hydrogens is 437 g/mol. The third-order valence-corrected chi connectivity index (χ3v) is 9.24. The zero-order chi connectivity index (χ0) is 20.8. The van der Waals surface area contributed by atoms with Crippen LogP contribution in [-0.4, -0.2) is 49.4 Å². The molecule has 1 aromatic heterocycles. The Morgan fingerprint density at radius 1 is 1.38 bits per heavy atom. The minimum atomic E-state index is -3.76. The number of para-hydroxylation sites is 1. The first-order valence-corrected chi connectivity index (χ1v) is 12.0. The standard InChI is InChI=1S/C18H18FN3O4S3/c1-22(29(25,26)14-6-3-7-27-14)12-5-2-4-11-15(19)17(21-16(11)12)18-20-9-10(28-18)8-13(23)24/h2-7,10,15,17,21H,8-9H2,1H3,(H,23,24). The van der Waals surface area contributed by atoms with Crippen LogP contribution in [0, 0.1) is 0 Å². The van der Waals surface area contributed by atoms with Crippen molar-refractivity contribution in [2.75, 3.05) is 23.2 Å². The molecule has 0 saturated heterocycles. The summed E-state index contributed by atoms with van der Waals surface area (Å²) in [5, 5.41) is 14.0. The number of thiophene rings is 1. The molecule has 0 bridgehead atoms. The van der Waals surface area contributed by atoms with Crippen molar-refractivity contribution in [1.82, 2.24) is 0 Å². The van der Waals surface area contributed by atoms with E-state index in [0.29, 0.717) is 28.5 Å². The highest BCUT2D eigenvalue weighted by molar-refractivity contribution is 8.15. The Kier molecular flexibility index (Phi) is 5.30. The summed E-state index contributed by atoms with van der Waals surface area (Å²) in [6.45, 7) is 0.326. The van der Waals surface area contributed by atoms with Crippen LogP contribution in [0.2, 0.25) is 0 Å². The van der Waals surface area contributed by atoms with Gasteiger partial charge in [-0.05, 0) is 17.5 Å². The van der Waals surface area contributed by atoms with Gasteiger partial charge in [-0.2, -0.15) is 0 Å². The summed E-state index contributed by atoms with van der Waals surface area (Å²) in [6, 6.07) is 7.31. The summed E-state index contributed by atoms with van der Waals surface area (Å²) >= 11 is 2.38. The molecule has 0 saturated carbocycles. The molecule has 3 heterocycles. The van der Waals surface area contributed by atoms with Gasteiger partial charge in [0, 0.05) is 17.9 Å². The molecule has 0 spiro atoms. The number of sulfonamides is 1.